The maximum absolute atomic E-state index is 13.4. The minimum atomic E-state index is -0.318. The Morgan fingerprint density at radius 3 is 2.72 bits per heavy atom. The van der Waals surface area contributed by atoms with Crippen LogP contribution in [0.15, 0.2) is 24.3 Å². The SMILES string of the molecule is CCCCCCN1C(=O)C2C(NC3N(c4cccc(C)c4)CCCN23)N(C)C1=O. The number of hydrogen-bond donors (Lipinski definition) is 1. The van der Waals surface area contributed by atoms with Crippen LogP contribution in [0.4, 0.5) is 10.5 Å². The number of benzene rings is 1. The van der Waals surface area contributed by atoms with Crippen molar-refractivity contribution in [3.05, 3.63) is 29.8 Å². The maximum atomic E-state index is 13.4. The highest BCUT2D eigenvalue weighted by atomic mass is 16.2. The van der Waals surface area contributed by atoms with Gasteiger partial charge in [0.05, 0.1) is 0 Å². The molecule has 3 atom stereocenters. The van der Waals surface area contributed by atoms with E-state index in [9.17, 15) is 9.59 Å². The van der Waals surface area contributed by atoms with Gasteiger partial charge in [0.25, 0.3) is 5.91 Å². The van der Waals surface area contributed by atoms with Crippen LogP contribution in [-0.2, 0) is 4.79 Å². The fraction of sp³-hybridized carbons (Fsp3) is 0.636. The van der Waals surface area contributed by atoms with Crippen molar-refractivity contribution < 1.29 is 9.59 Å². The Kier molecular flexibility index (Phi) is 5.79. The molecule has 0 saturated carbocycles. The van der Waals surface area contributed by atoms with Crippen molar-refractivity contribution in [1.82, 2.24) is 20.0 Å². The van der Waals surface area contributed by atoms with Crippen molar-refractivity contribution in [2.24, 2.45) is 0 Å². The molecule has 7 nitrogen and oxygen atoms in total. The normalized spacial score (nSPS) is 27.4. The van der Waals surface area contributed by atoms with E-state index in [1.54, 1.807) is 4.90 Å². The second-order valence-corrected chi connectivity index (χ2v) is 8.50. The Bertz CT molecular complexity index is 769. The van der Waals surface area contributed by atoms with Crippen LogP contribution in [0.3, 0.4) is 0 Å². The van der Waals surface area contributed by atoms with Crippen molar-refractivity contribution in [3.63, 3.8) is 0 Å². The molecule has 0 aromatic heterocycles. The van der Waals surface area contributed by atoms with Crippen LogP contribution in [0.2, 0.25) is 0 Å². The van der Waals surface area contributed by atoms with Gasteiger partial charge in [0, 0.05) is 32.4 Å². The van der Waals surface area contributed by atoms with E-state index in [-0.39, 0.29) is 30.4 Å². The van der Waals surface area contributed by atoms with E-state index in [0.29, 0.717) is 6.54 Å². The van der Waals surface area contributed by atoms with Crippen LogP contribution >= 0.6 is 0 Å². The van der Waals surface area contributed by atoms with Crippen LogP contribution in [-0.4, -0.2) is 71.8 Å². The fourth-order valence-electron chi connectivity index (χ4n) is 4.89. The zero-order valence-corrected chi connectivity index (χ0v) is 17.8. The van der Waals surface area contributed by atoms with Crippen molar-refractivity contribution in [1.29, 1.82) is 0 Å². The quantitative estimate of drug-likeness (QED) is 0.745. The first-order valence-corrected chi connectivity index (χ1v) is 11.0. The van der Waals surface area contributed by atoms with Gasteiger partial charge in [-0.15, -0.1) is 0 Å². The molecule has 4 rings (SSSR count). The molecule has 0 aliphatic carbocycles. The maximum Gasteiger partial charge on any atom is 0.327 e. The third kappa shape index (κ3) is 3.62. The van der Waals surface area contributed by atoms with Gasteiger partial charge in [-0.2, -0.15) is 0 Å². The summed E-state index contributed by atoms with van der Waals surface area (Å²) in [6, 6.07) is 7.98. The Hall–Kier alpha value is -2.12. The molecule has 3 aliphatic heterocycles. The number of carbonyl (C=O) groups excluding carboxylic acids is 2. The zero-order valence-electron chi connectivity index (χ0n) is 17.8. The van der Waals surface area contributed by atoms with Crippen molar-refractivity contribution >= 4 is 17.6 Å². The van der Waals surface area contributed by atoms with E-state index in [2.05, 4.69) is 53.2 Å². The number of anilines is 1. The van der Waals surface area contributed by atoms with Gasteiger partial charge < -0.3 is 9.80 Å². The number of rotatable bonds is 6. The van der Waals surface area contributed by atoms with Crippen molar-refractivity contribution in [3.8, 4) is 0 Å². The van der Waals surface area contributed by atoms with Crippen LogP contribution in [0.5, 0.6) is 0 Å². The minimum Gasteiger partial charge on any atom is -0.343 e. The smallest absolute Gasteiger partial charge is 0.327 e. The number of urea groups is 1. The van der Waals surface area contributed by atoms with Gasteiger partial charge in [-0.1, -0.05) is 38.3 Å². The lowest BCUT2D eigenvalue weighted by molar-refractivity contribution is -0.138. The minimum absolute atomic E-state index is 0.0457. The molecule has 3 saturated heterocycles. The van der Waals surface area contributed by atoms with Gasteiger partial charge in [0.15, 0.2) is 0 Å². The van der Waals surface area contributed by atoms with Gasteiger partial charge in [-0.05, 0) is 37.5 Å². The molecule has 3 heterocycles. The highest BCUT2D eigenvalue weighted by molar-refractivity contribution is 6.00. The number of likely N-dealkylation sites (N-methyl/N-ethyl adjacent to an activating group) is 1. The average molecular weight is 400 g/mol. The van der Waals surface area contributed by atoms with Crippen LogP contribution in [0.25, 0.3) is 0 Å². The standard InChI is InChI=1S/C22H33N5O2/c1-4-5-6-7-12-27-20(28)18-19(24(3)22(27)29)23-21-25(13-9-14-26(18)21)17-11-8-10-16(2)15-17/h8,10-11,15,18-19,21,23H,4-7,9,12-14H2,1-3H3. The monoisotopic (exact) mass is 399 g/mol. The fourth-order valence-corrected chi connectivity index (χ4v) is 4.89. The number of nitrogens with zero attached hydrogens (tertiary/aromatic N) is 4. The number of hydrogen-bond acceptors (Lipinski definition) is 5. The Morgan fingerprint density at radius 2 is 1.97 bits per heavy atom. The van der Waals surface area contributed by atoms with E-state index in [1.165, 1.54) is 10.5 Å². The summed E-state index contributed by atoms with van der Waals surface area (Å²) < 4.78 is 0. The lowest BCUT2D eigenvalue weighted by atomic mass is 10.1. The molecule has 3 unspecified atom stereocenters. The summed E-state index contributed by atoms with van der Waals surface area (Å²) in [5, 5.41) is 3.58. The third-order valence-electron chi connectivity index (χ3n) is 6.44. The first kappa shape index (κ1) is 20.2. The Morgan fingerprint density at radius 1 is 1.14 bits per heavy atom. The molecular formula is C22H33N5O2. The largest absolute Gasteiger partial charge is 0.343 e. The molecule has 0 spiro atoms. The second-order valence-electron chi connectivity index (χ2n) is 8.50. The summed E-state index contributed by atoms with van der Waals surface area (Å²) in [6.07, 6.45) is 4.86. The number of aryl methyl sites for hydroxylation is 1. The molecule has 29 heavy (non-hydrogen) atoms. The van der Waals surface area contributed by atoms with Crippen LogP contribution < -0.4 is 10.2 Å². The predicted octanol–water partition coefficient (Wildman–Crippen LogP) is 2.56. The van der Waals surface area contributed by atoms with E-state index in [0.717, 1.165) is 50.9 Å². The molecule has 3 amide bonds. The van der Waals surface area contributed by atoms with E-state index in [1.807, 2.05) is 7.05 Å². The highest BCUT2D eigenvalue weighted by Gasteiger charge is 2.55. The summed E-state index contributed by atoms with van der Waals surface area (Å²) in [7, 11) is 1.81. The van der Waals surface area contributed by atoms with Crippen LogP contribution in [0, 0.1) is 6.92 Å². The second kappa shape index (κ2) is 8.32. The number of unbranched alkanes of at least 4 members (excludes halogenated alkanes) is 3. The zero-order chi connectivity index (χ0) is 20.5. The van der Waals surface area contributed by atoms with Gasteiger partial charge in [-0.25, -0.2) is 4.79 Å². The number of fused-ring (bicyclic) bond motifs is 3. The summed E-state index contributed by atoms with van der Waals surface area (Å²) in [6.45, 7) is 6.57. The Balaban J connectivity index is 1.55. The molecule has 1 N–H and O–H groups in total. The molecule has 3 fully saturated rings. The van der Waals surface area contributed by atoms with Crippen molar-refractivity contribution in [2.45, 2.75) is 64.4 Å². The van der Waals surface area contributed by atoms with E-state index >= 15 is 0 Å². The summed E-state index contributed by atoms with van der Waals surface area (Å²) in [4.78, 5) is 34.0. The number of imide groups is 1. The molecule has 3 aliphatic rings. The molecule has 0 bridgehead atoms. The summed E-state index contributed by atoms with van der Waals surface area (Å²) >= 11 is 0. The van der Waals surface area contributed by atoms with Gasteiger partial charge in [0.2, 0.25) is 0 Å². The summed E-state index contributed by atoms with van der Waals surface area (Å²) in [5.41, 5.74) is 2.38. The summed E-state index contributed by atoms with van der Waals surface area (Å²) in [5.74, 6) is -0.0457. The molecule has 1 aromatic rings. The average Bonchev–Trinajstić information content (AvgIpc) is 3.11. The van der Waals surface area contributed by atoms with Gasteiger partial charge in [0.1, 0.15) is 18.5 Å². The molecule has 1 aromatic carbocycles. The van der Waals surface area contributed by atoms with Gasteiger partial charge >= 0.3 is 6.03 Å². The Labute approximate surface area is 173 Å². The number of nitrogens with one attached hydrogen (secondary N) is 1. The lowest BCUT2D eigenvalue weighted by Gasteiger charge is -2.44. The van der Waals surface area contributed by atoms with E-state index < -0.39 is 0 Å². The van der Waals surface area contributed by atoms with Crippen LogP contribution in [0.1, 0.15) is 44.6 Å². The molecule has 158 valence electrons. The van der Waals surface area contributed by atoms with Crippen molar-refractivity contribution in [2.75, 3.05) is 31.6 Å². The highest BCUT2D eigenvalue weighted by Crippen LogP contribution is 2.33. The number of amides is 3. The third-order valence-corrected chi connectivity index (χ3v) is 6.44. The molecule has 0 radical (unpaired) electrons. The number of carbonyl (C=O) groups is 2. The van der Waals surface area contributed by atoms with E-state index in [4.69, 9.17) is 0 Å². The molecular weight excluding hydrogens is 366 g/mol. The predicted molar refractivity (Wildman–Crippen MR) is 113 cm³/mol. The topological polar surface area (TPSA) is 59.1 Å². The lowest BCUT2D eigenvalue weighted by Crippen LogP contribution is -2.66. The first-order valence-electron chi connectivity index (χ1n) is 11.0. The first-order chi connectivity index (χ1) is 14.0. The molecule has 7 heteroatoms. The van der Waals surface area contributed by atoms with Gasteiger partial charge in [-0.3, -0.25) is 19.9 Å².